The molecule has 4 N–H and O–H groups in total. The number of benzene rings is 3. The highest BCUT2D eigenvalue weighted by atomic mass is 16.5. The number of aromatic amines is 2. The second kappa shape index (κ2) is 15.5. The molecule has 4 aliphatic rings. The molecule has 0 radical (unpaired) electrons. The summed E-state index contributed by atoms with van der Waals surface area (Å²) >= 11 is 0. The number of ether oxygens (including phenoxy) is 2. The minimum absolute atomic E-state index is 0.0996. The van der Waals surface area contributed by atoms with E-state index in [2.05, 4.69) is 73.9 Å². The Morgan fingerprint density at radius 2 is 1.56 bits per heavy atom. The molecule has 14 heteroatoms. The van der Waals surface area contributed by atoms with E-state index < -0.39 is 18.2 Å². The summed E-state index contributed by atoms with van der Waals surface area (Å²) < 4.78 is 9.45. The average molecular weight is 799 g/mol. The van der Waals surface area contributed by atoms with Crippen LogP contribution < -0.4 is 10.6 Å². The second-order valence-electron chi connectivity index (χ2n) is 16.6. The van der Waals surface area contributed by atoms with Gasteiger partial charge in [0, 0.05) is 12.6 Å². The SMILES string of the molecule is COC(=O)NCC(=O)N1[C@@H]2CC[C@@H](C2)[C@H]1c1nc2ccc(-c3ccc4c(c3)CCc3cc(-c5cnc([C@@H]6CCCN6C(=O)[C@@H](NC(=O)OC)C(C)C)[nH]5)ccc3-4)cc2[nH]1. The van der Waals surface area contributed by atoms with Crippen LogP contribution in [0.1, 0.15) is 80.8 Å². The Kier molecular flexibility index (Phi) is 10.1. The van der Waals surface area contributed by atoms with Gasteiger partial charge in [0.05, 0.1) is 49.2 Å². The molecule has 9 rings (SSSR count). The lowest BCUT2D eigenvalue weighted by molar-refractivity contribution is -0.136. The van der Waals surface area contributed by atoms with Crippen molar-refractivity contribution in [3.05, 3.63) is 83.6 Å². The van der Waals surface area contributed by atoms with Gasteiger partial charge in [0.1, 0.15) is 24.2 Å². The quantitative estimate of drug-likeness (QED) is 0.125. The van der Waals surface area contributed by atoms with Gasteiger partial charge in [-0.3, -0.25) is 9.59 Å². The zero-order chi connectivity index (χ0) is 40.9. The number of aryl methyl sites for hydroxylation is 2. The highest BCUT2D eigenvalue weighted by Gasteiger charge is 2.50. The van der Waals surface area contributed by atoms with Gasteiger partial charge in [-0.25, -0.2) is 19.6 Å². The van der Waals surface area contributed by atoms with Crippen LogP contribution in [0.25, 0.3) is 44.5 Å². The number of imidazole rings is 2. The fraction of sp³-hybridized carbons (Fsp3) is 0.422. The van der Waals surface area contributed by atoms with E-state index in [1.807, 2.05) is 35.9 Å². The van der Waals surface area contributed by atoms with Crippen LogP contribution in [0, 0.1) is 11.8 Å². The molecule has 3 fully saturated rings. The van der Waals surface area contributed by atoms with Gasteiger partial charge >= 0.3 is 12.2 Å². The van der Waals surface area contributed by atoms with Gasteiger partial charge in [-0.05, 0) is 114 Å². The Morgan fingerprint density at radius 3 is 2.31 bits per heavy atom. The molecular weight excluding hydrogens is 749 g/mol. The van der Waals surface area contributed by atoms with Crippen molar-refractivity contribution in [3.8, 4) is 33.5 Å². The van der Waals surface area contributed by atoms with Crippen LogP contribution in [0.4, 0.5) is 9.59 Å². The number of carbonyl (C=O) groups is 4. The number of hydrogen-bond donors (Lipinski definition) is 4. The van der Waals surface area contributed by atoms with Gasteiger partial charge in [-0.2, -0.15) is 0 Å². The van der Waals surface area contributed by atoms with Crippen LogP contribution in [0.2, 0.25) is 0 Å². The fourth-order valence-electron chi connectivity index (χ4n) is 9.95. The smallest absolute Gasteiger partial charge is 0.407 e. The van der Waals surface area contributed by atoms with Crippen molar-refractivity contribution >= 4 is 35.0 Å². The third kappa shape index (κ3) is 7.08. The first kappa shape index (κ1) is 38.3. The largest absolute Gasteiger partial charge is 0.453 e. The number of carbonyl (C=O) groups excluding carboxylic acids is 4. The monoisotopic (exact) mass is 798 g/mol. The number of aromatic nitrogens is 4. The Balaban J connectivity index is 0.912. The van der Waals surface area contributed by atoms with Crippen molar-refractivity contribution in [2.75, 3.05) is 27.3 Å². The Morgan fingerprint density at radius 1 is 0.847 bits per heavy atom. The first-order valence-corrected chi connectivity index (χ1v) is 20.7. The van der Waals surface area contributed by atoms with Gasteiger partial charge in [0.25, 0.3) is 0 Å². The number of nitrogens with zero attached hydrogens (tertiary/aromatic N) is 4. The Bertz CT molecular complexity index is 2460. The highest BCUT2D eigenvalue weighted by Crippen LogP contribution is 2.50. The number of alkyl carbamates (subject to hydrolysis) is 2. The normalized spacial score (nSPS) is 21.0. The lowest BCUT2D eigenvalue weighted by atomic mass is 9.83. The number of piperidine rings is 1. The molecule has 4 heterocycles. The molecule has 2 saturated heterocycles. The molecule has 14 nitrogen and oxygen atoms in total. The topological polar surface area (TPSA) is 175 Å². The molecule has 5 aromatic rings. The van der Waals surface area contributed by atoms with Crippen molar-refractivity contribution in [1.29, 1.82) is 0 Å². The minimum Gasteiger partial charge on any atom is -0.453 e. The maximum absolute atomic E-state index is 13.6. The predicted molar refractivity (Wildman–Crippen MR) is 221 cm³/mol. The molecule has 2 aliphatic carbocycles. The van der Waals surface area contributed by atoms with E-state index in [-0.39, 0.29) is 42.4 Å². The van der Waals surface area contributed by atoms with E-state index in [0.29, 0.717) is 12.5 Å². The predicted octanol–water partition coefficient (Wildman–Crippen LogP) is 6.84. The van der Waals surface area contributed by atoms with Gasteiger partial charge in [0.15, 0.2) is 0 Å². The van der Waals surface area contributed by atoms with Crippen LogP contribution >= 0.6 is 0 Å². The molecule has 306 valence electrons. The summed E-state index contributed by atoms with van der Waals surface area (Å²) in [6.07, 6.45) is 7.06. The molecule has 4 amide bonds. The first-order chi connectivity index (χ1) is 28.6. The fourth-order valence-corrected chi connectivity index (χ4v) is 9.95. The molecule has 2 aliphatic heterocycles. The van der Waals surface area contributed by atoms with E-state index in [4.69, 9.17) is 14.7 Å². The van der Waals surface area contributed by atoms with Crippen molar-refractivity contribution in [1.82, 2.24) is 40.4 Å². The first-order valence-electron chi connectivity index (χ1n) is 20.7. The van der Waals surface area contributed by atoms with Gasteiger partial charge < -0.3 is 39.9 Å². The maximum Gasteiger partial charge on any atom is 0.407 e. The van der Waals surface area contributed by atoms with Crippen LogP contribution in [-0.2, 0) is 31.9 Å². The van der Waals surface area contributed by atoms with E-state index in [0.717, 1.165) is 90.0 Å². The van der Waals surface area contributed by atoms with E-state index in [1.165, 1.54) is 36.5 Å². The zero-order valence-corrected chi connectivity index (χ0v) is 33.8. The summed E-state index contributed by atoms with van der Waals surface area (Å²) in [6.45, 7) is 4.33. The van der Waals surface area contributed by atoms with Crippen molar-refractivity contribution < 1.29 is 28.7 Å². The van der Waals surface area contributed by atoms with Crippen molar-refractivity contribution in [2.24, 2.45) is 11.8 Å². The number of H-pyrrole nitrogens is 2. The average Bonchev–Trinajstić information content (AvgIpc) is 4.11. The molecule has 5 atom stereocenters. The number of fused-ring (bicyclic) bond motifs is 6. The third-order valence-electron chi connectivity index (χ3n) is 12.9. The van der Waals surface area contributed by atoms with Crippen LogP contribution in [0.5, 0.6) is 0 Å². The van der Waals surface area contributed by atoms with Crippen LogP contribution in [0.15, 0.2) is 60.8 Å². The number of likely N-dealkylation sites (tertiary alicyclic amines) is 2. The van der Waals surface area contributed by atoms with E-state index >= 15 is 0 Å². The maximum atomic E-state index is 13.6. The summed E-state index contributed by atoms with van der Waals surface area (Å²) in [6, 6.07) is 18.7. The number of hydrogen-bond acceptors (Lipinski definition) is 8. The van der Waals surface area contributed by atoms with Gasteiger partial charge in [0.2, 0.25) is 11.8 Å². The molecule has 2 aromatic heterocycles. The molecule has 2 bridgehead atoms. The summed E-state index contributed by atoms with van der Waals surface area (Å²) in [5.41, 5.74) is 11.0. The van der Waals surface area contributed by atoms with Gasteiger partial charge in [-0.15, -0.1) is 0 Å². The lowest BCUT2D eigenvalue weighted by Gasteiger charge is -2.34. The summed E-state index contributed by atoms with van der Waals surface area (Å²) in [4.78, 5) is 71.2. The van der Waals surface area contributed by atoms with Crippen LogP contribution in [0.3, 0.4) is 0 Å². The molecule has 0 unspecified atom stereocenters. The van der Waals surface area contributed by atoms with E-state index in [1.54, 1.807) is 0 Å². The molecule has 3 aromatic carbocycles. The van der Waals surface area contributed by atoms with Gasteiger partial charge in [-0.1, -0.05) is 50.2 Å². The molecule has 59 heavy (non-hydrogen) atoms. The molecule has 0 spiro atoms. The summed E-state index contributed by atoms with van der Waals surface area (Å²) in [5.74, 6) is 1.53. The standard InChI is InChI=1S/C45H50N8O6/c1-24(2)39(51-45(57)59-4)43(55)52-17-5-6-37(52)41-46-22-36(50-41)29-11-15-33-28(19-29)8-7-27-18-25(10-14-32(27)33)26-12-16-34-35(21-26)49-42(48-34)40-30-9-13-31(20-30)53(40)38(54)23-47-44(56)58-3/h10-12,14-16,18-19,21-22,24,30-31,37,39-40H,5-9,13,17,20,23H2,1-4H3,(H,46,50)(H,47,56)(H,48,49)(H,51,57)/t30-,31+,37-,39-,40-/m0/s1. The van der Waals surface area contributed by atoms with Crippen LogP contribution in [-0.4, -0.2) is 93.1 Å². The third-order valence-corrected chi connectivity index (χ3v) is 12.9. The Hall–Kier alpha value is -6.18. The lowest BCUT2D eigenvalue weighted by Crippen LogP contribution is -2.51. The number of amides is 4. The number of rotatable bonds is 9. The second-order valence-corrected chi connectivity index (χ2v) is 16.6. The molecule has 1 saturated carbocycles. The molecular formula is C45H50N8O6. The van der Waals surface area contributed by atoms with Crippen molar-refractivity contribution in [3.63, 3.8) is 0 Å². The number of methoxy groups -OCH3 is 2. The zero-order valence-electron chi connectivity index (χ0n) is 33.8. The highest BCUT2D eigenvalue weighted by molar-refractivity contribution is 5.87. The number of nitrogens with one attached hydrogen (secondary N) is 4. The van der Waals surface area contributed by atoms with E-state index in [9.17, 15) is 19.2 Å². The van der Waals surface area contributed by atoms with Crippen molar-refractivity contribution in [2.45, 2.75) is 83.0 Å². The minimum atomic E-state index is -0.682. The Labute approximate surface area is 342 Å². The summed E-state index contributed by atoms with van der Waals surface area (Å²) in [5, 5.41) is 5.26. The summed E-state index contributed by atoms with van der Waals surface area (Å²) in [7, 11) is 2.59.